The van der Waals surface area contributed by atoms with E-state index < -0.39 is 0 Å². The Balaban J connectivity index is 2.24. The molecular formula is C12H11ClN2. The van der Waals surface area contributed by atoms with Crippen molar-refractivity contribution in [2.45, 2.75) is 6.54 Å². The van der Waals surface area contributed by atoms with Crippen LogP contribution >= 0.6 is 11.6 Å². The number of halogens is 1. The molecule has 1 aromatic heterocycles. The van der Waals surface area contributed by atoms with E-state index in [1.54, 1.807) is 16.8 Å². The highest BCUT2D eigenvalue weighted by atomic mass is 35.5. The van der Waals surface area contributed by atoms with Crippen LogP contribution < -0.4 is 0 Å². The highest BCUT2D eigenvalue weighted by Gasteiger charge is 2.03. The third-order valence-corrected chi connectivity index (χ3v) is 2.44. The van der Waals surface area contributed by atoms with Gasteiger partial charge in [-0.25, -0.2) is 4.68 Å². The summed E-state index contributed by atoms with van der Waals surface area (Å²) in [5.41, 5.74) is 1.98. The highest BCUT2D eigenvalue weighted by Crippen LogP contribution is 2.13. The van der Waals surface area contributed by atoms with Gasteiger partial charge in [-0.2, -0.15) is 5.10 Å². The van der Waals surface area contributed by atoms with Gasteiger partial charge in [-0.15, -0.1) is 0 Å². The van der Waals surface area contributed by atoms with Crippen molar-refractivity contribution in [3.8, 4) is 0 Å². The van der Waals surface area contributed by atoms with Crippen molar-refractivity contribution in [1.29, 1.82) is 0 Å². The summed E-state index contributed by atoms with van der Waals surface area (Å²) in [5, 5.41) is 4.92. The minimum absolute atomic E-state index is 0.633. The van der Waals surface area contributed by atoms with E-state index in [9.17, 15) is 0 Å². The number of hydrogen-bond donors (Lipinski definition) is 0. The van der Waals surface area contributed by atoms with Crippen LogP contribution in [0.15, 0.2) is 43.0 Å². The van der Waals surface area contributed by atoms with Crippen molar-refractivity contribution in [2.24, 2.45) is 0 Å². The van der Waals surface area contributed by atoms with E-state index in [1.807, 2.05) is 30.3 Å². The number of nitrogens with zero attached hydrogens (tertiary/aromatic N) is 2. The first kappa shape index (κ1) is 9.99. The van der Waals surface area contributed by atoms with Gasteiger partial charge in [0, 0.05) is 6.07 Å². The fraction of sp³-hybridized carbons (Fsp3) is 0.0833. The quantitative estimate of drug-likeness (QED) is 0.774. The Morgan fingerprint density at radius 3 is 2.67 bits per heavy atom. The lowest BCUT2D eigenvalue weighted by Crippen LogP contribution is -2.01. The summed E-state index contributed by atoms with van der Waals surface area (Å²) in [6, 6.07) is 11.9. The molecule has 0 saturated carbocycles. The zero-order valence-corrected chi connectivity index (χ0v) is 8.98. The van der Waals surface area contributed by atoms with E-state index in [4.69, 9.17) is 11.6 Å². The molecule has 76 valence electrons. The maximum atomic E-state index is 6.03. The summed E-state index contributed by atoms with van der Waals surface area (Å²) >= 11 is 6.03. The summed E-state index contributed by atoms with van der Waals surface area (Å²) in [4.78, 5) is 0. The summed E-state index contributed by atoms with van der Waals surface area (Å²) < 4.78 is 1.76. The van der Waals surface area contributed by atoms with Crippen LogP contribution in [0, 0.1) is 0 Å². The first-order valence-corrected chi connectivity index (χ1v) is 5.07. The van der Waals surface area contributed by atoms with E-state index in [0.29, 0.717) is 11.7 Å². The fourth-order valence-corrected chi connectivity index (χ4v) is 1.59. The molecule has 2 aromatic rings. The lowest BCUT2D eigenvalue weighted by atomic mass is 10.2. The molecule has 0 radical (unpaired) electrons. The fourth-order valence-electron chi connectivity index (χ4n) is 1.38. The summed E-state index contributed by atoms with van der Waals surface area (Å²) in [7, 11) is 0. The van der Waals surface area contributed by atoms with Crippen LogP contribution in [0.2, 0.25) is 5.15 Å². The lowest BCUT2D eigenvalue weighted by Gasteiger charge is -2.02. The predicted octanol–water partition coefficient (Wildman–Crippen LogP) is 3.23. The Labute approximate surface area is 93.8 Å². The van der Waals surface area contributed by atoms with Gasteiger partial charge >= 0.3 is 0 Å². The van der Waals surface area contributed by atoms with Gasteiger partial charge in [0.25, 0.3) is 0 Å². The Bertz CT molecular complexity index is 460. The molecule has 0 spiro atoms. The number of rotatable bonds is 3. The third kappa shape index (κ3) is 2.28. The smallest absolute Gasteiger partial charge is 0.128 e. The Morgan fingerprint density at radius 1 is 1.33 bits per heavy atom. The van der Waals surface area contributed by atoms with Crippen LogP contribution in [-0.2, 0) is 6.54 Å². The molecule has 2 rings (SSSR count). The summed E-state index contributed by atoms with van der Waals surface area (Å²) in [6.45, 7) is 4.35. The van der Waals surface area contributed by atoms with Gasteiger partial charge < -0.3 is 0 Å². The predicted molar refractivity (Wildman–Crippen MR) is 62.9 cm³/mol. The van der Waals surface area contributed by atoms with Gasteiger partial charge in [-0.05, 0) is 11.6 Å². The largest absolute Gasteiger partial charge is 0.249 e. The highest BCUT2D eigenvalue weighted by molar-refractivity contribution is 6.29. The normalized spacial score (nSPS) is 10.2. The molecular weight excluding hydrogens is 208 g/mol. The molecule has 0 N–H and O–H groups in total. The average Bonchev–Trinajstić information content (AvgIpc) is 2.61. The first-order valence-electron chi connectivity index (χ1n) is 4.69. The first-order chi connectivity index (χ1) is 7.29. The van der Waals surface area contributed by atoms with Crippen LogP contribution in [0.4, 0.5) is 0 Å². The van der Waals surface area contributed by atoms with Gasteiger partial charge in [0.15, 0.2) is 0 Å². The molecule has 0 saturated heterocycles. The SMILES string of the molecule is C=Cc1cc(Cl)n(Cc2ccccc2)n1. The van der Waals surface area contributed by atoms with E-state index >= 15 is 0 Å². The molecule has 0 aliphatic heterocycles. The van der Waals surface area contributed by atoms with Crippen LogP contribution in [0.5, 0.6) is 0 Å². The maximum Gasteiger partial charge on any atom is 0.128 e. The monoisotopic (exact) mass is 218 g/mol. The van der Waals surface area contributed by atoms with Crippen molar-refractivity contribution in [3.05, 3.63) is 59.4 Å². The molecule has 0 fully saturated rings. The summed E-state index contributed by atoms with van der Waals surface area (Å²) in [5.74, 6) is 0. The van der Waals surface area contributed by atoms with Crippen molar-refractivity contribution < 1.29 is 0 Å². The molecule has 1 heterocycles. The second kappa shape index (κ2) is 4.32. The standard InChI is InChI=1S/C12H11ClN2/c1-2-11-8-12(13)15(14-11)9-10-6-4-3-5-7-10/h2-8H,1,9H2. The van der Waals surface area contributed by atoms with Crippen LogP contribution in [-0.4, -0.2) is 9.78 Å². The zero-order chi connectivity index (χ0) is 10.7. The molecule has 0 aliphatic rings. The zero-order valence-electron chi connectivity index (χ0n) is 8.23. The number of benzene rings is 1. The van der Waals surface area contributed by atoms with Gasteiger partial charge in [-0.3, -0.25) is 0 Å². The third-order valence-electron chi connectivity index (χ3n) is 2.13. The molecule has 3 heteroatoms. The second-order valence-electron chi connectivity index (χ2n) is 3.24. The van der Waals surface area contributed by atoms with Gasteiger partial charge in [0.1, 0.15) is 5.15 Å². The van der Waals surface area contributed by atoms with E-state index in [2.05, 4.69) is 11.7 Å². The lowest BCUT2D eigenvalue weighted by molar-refractivity contribution is 0.686. The Hall–Kier alpha value is -1.54. The van der Waals surface area contributed by atoms with Crippen LogP contribution in [0.25, 0.3) is 6.08 Å². The van der Waals surface area contributed by atoms with E-state index in [0.717, 1.165) is 5.69 Å². The Morgan fingerprint density at radius 2 is 2.07 bits per heavy atom. The van der Waals surface area contributed by atoms with Gasteiger partial charge in [0.05, 0.1) is 12.2 Å². The molecule has 0 unspecified atom stereocenters. The van der Waals surface area contributed by atoms with E-state index in [1.165, 1.54) is 5.56 Å². The van der Waals surface area contributed by atoms with Crippen LogP contribution in [0.3, 0.4) is 0 Å². The van der Waals surface area contributed by atoms with Crippen LogP contribution in [0.1, 0.15) is 11.3 Å². The van der Waals surface area contributed by atoms with Crippen molar-refractivity contribution in [2.75, 3.05) is 0 Å². The number of aromatic nitrogens is 2. The van der Waals surface area contributed by atoms with Crippen molar-refractivity contribution >= 4 is 17.7 Å². The maximum absolute atomic E-state index is 6.03. The molecule has 0 aliphatic carbocycles. The molecule has 15 heavy (non-hydrogen) atoms. The minimum atomic E-state index is 0.633. The molecule has 2 nitrogen and oxygen atoms in total. The van der Waals surface area contributed by atoms with E-state index in [-0.39, 0.29) is 0 Å². The molecule has 0 amide bonds. The van der Waals surface area contributed by atoms with Crippen molar-refractivity contribution in [3.63, 3.8) is 0 Å². The Kier molecular flexibility index (Phi) is 2.88. The topological polar surface area (TPSA) is 17.8 Å². The summed E-state index contributed by atoms with van der Waals surface area (Å²) in [6.07, 6.45) is 1.69. The molecule has 0 bridgehead atoms. The molecule has 1 aromatic carbocycles. The van der Waals surface area contributed by atoms with Crippen molar-refractivity contribution in [1.82, 2.24) is 9.78 Å². The molecule has 0 atom stereocenters. The van der Waals surface area contributed by atoms with Gasteiger partial charge in [-0.1, -0.05) is 48.5 Å². The minimum Gasteiger partial charge on any atom is -0.249 e. The second-order valence-corrected chi connectivity index (χ2v) is 3.63. The number of hydrogen-bond acceptors (Lipinski definition) is 1. The average molecular weight is 219 g/mol. The van der Waals surface area contributed by atoms with Gasteiger partial charge in [0.2, 0.25) is 0 Å².